The molecular weight excluding hydrogens is 446 g/mol. The smallest absolute Gasteiger partial charge is 0.358 e. The fraction of sp³-hybridized carbons (Fsp3) is 0.130. The number of ketones is 2. The van der Waals surface area contributed by atoms with E-state index in [9.17, 15) is 24.0 Å². The molecule has 4 rings (SSSR count). The molecule has 0 fully saturated rings. The number of benzene rings is 2. The lowest BCUT2D eigenvalue weighted by molar-refractivity contribution is -0.123. The van der Waals surface area contributed by atoms with Crippen LogP contribution in [-0.4, -0.2) is 40.4 Å². The highest BCUT2D eigenvalue weighted by Crippen LogP contribution is 2.29. The largest absolute Gasteiger partial charge is 0.448 e. The van der Waals surface area contributed by atoms with Gasteiger partial charge in [0.05, 0.1) is 0 Å². The van der Waals surface area contributed by atoms with E-state index >= 15 is 0 Å². The van der Waals surface area contributed by atoms with Gasteiger partial charge in [0.15, 0.2) is 28.5 Å². The number of ether oxygens (including phenoxy) is 1. The highest BCUT2D eigenvalue weighted by Gasteiger charge is 2.30. The first-order valence-electron chi connectivity index (χ1n) is 9.82. The number of aromatic nitrogens is 1. The molecule has 0 spiro atoms. The van der Waals surface area contributed by atoms with Crippen LogP contribution in [0.5, 0.6) is 0 Å². The minimum Gasteiger partial charge on any atom is -0.448 e. The third-order valence-corrected chi connectivity index (χ3v) is 5.60. The Morgan fingerprint density at radius 1 is 0.939 bits per heavy atom. The summed E-state index contributed by atoms with van der Waals surface area (Å²) in [7, 11) is 0. The van der Waals surface area contributed by atoms with Crippen molar-refractivity contribution in [1.29, 1.82) is 0 Å². The number of hydrogen-bond acceptors (Lipinski definition) is 8. The number of thiazole rings is 1. The average molecular weight is 463 g/mol. The van der Waals surface area contributed by atoms with E-state index in [2.05, 4.69) is 15.6 Å². The lowest BCUT2D eigenvalue weighted by Gasteiger charge is -2.19. The maximum atomic E-state index is 12.8. The molecule has 1 aliphatic rings. The summed E-state index contributed by atoms with van der Waals surface area (Å²) in [6, 6.07) is 11.0. The Hall–Kier alpha value is -4.18. The van der Waals surface area contributed by atoms with Crippen LogP contribution in [0.4, 0.5) is 10.8 Å². The van der Waals surface area contributed by atoms with E-state index in [4.69, 9.17) is 4.74 Å². The summed E-state index contributed by atoms with van der Waals surface area (Å²) in [5, 5.41) is 6.68. The predicted molar refractivity (Wildman–Crippen MR) is 120 cm³/mol. The quantitative estimate of drug-likeness (QED) is 0.435. The summed E-state index contributed by atoms with van der Waals surface area (Å²) in [4.78, 5) is 65.3. The normalized spacial score (nSPS) is 12.9. The molecule has 1 heterocycles. The van der Waals surface area contributed by atoms with E-state index in [0.717, 1.165) is 11.3 Å². The van der Waals surface area contributed by atoms with Crippen molar-refractivity contribution in [2.75, 3.05) is 10.6 Å². The maximum absolute atomic E-state index is 12.8. The van der Waals surface area contributed by atoms with Gasteiger partial charge in [0.25, 0.3) is 5.91 Å². The van der Waals surface area contributed by atoms with Crippen LogP contribution in [-0.2, 0) is 14.3 Å². The van der Waals surface area contributed by atoms with Crippen molar-refractivity contribution in [2.24, 2.45) is 0 Å². The van der Waals surface area contributed by atoms with Crippen LogP contribution >= 0.6 is 11.3 Å². The first-order valence-corrected chi connectivity index (χ1v) is 10.7. The van der Waals surface area contributed by atoms with Crippen LogP contribution < -0.4 is 10.6 Å². The minimum absolute atomic E-state index is 0.0417. The zero-order chi connectivity index (χ0) is 23.7. The van der Waals surface area contributed by atoms with Gasteiger partial charge in [-0.25, -0.2) is 9.78 Å². The Balaban J connectivity index is 1.45. The molecule has 0 radical (unpaired) electrons. The monoisotopic (exact) mass is 463 g/mol. The second-order valence-corrected chi connectivity index (χ2v) is 8.08. The number of rotatable bonds is 5. The Morgan fingerprint density at radius 2 is 1.58 bits per heavy atom. The van der Waals surface area contributed by atoms with E-state index in [1.165, 1.54) is 37.4 Å². The molecule has 33 heavy (non-hydrogen) atoms. The number of hydrogen-bond donors (Lipinski definition) is 2. The van der Waals surface area contributed by atoms with Gasteiger partial charge in [-0.3, -0.25) is 19.2 Å². The van der Waals surface area contributed by atoms with E-state index in [1.54, 1.807) is 24.3 Å². The average Bonchev–Trinajstić information content (AvgIpc) is 3.25. The fourth-order valence-corrected chi connectivity index (χ4v) is 4.00. The van der Waals surface area contributed by atoms with Gasteiger partial charge in [-0.1, -0.05) is 24.3 Å². The molecule has 10 heteroatoms. The summed E-state index contributed by atoms with van der Waals surface area (Å²) < 4.78 is 5.15. The summed E-state index contributed by atoms with van der Waals surface area (Å²) in [6.45, 7) is 2.70. The Morgan fingerprint density at radius 3 is 2.24 bits per heavy atom. The number of fused-ring (bicyclic) bond motifs is 2. The molecule has 1 aromatic heterocycles. The topological polar surface area (TPSA) is 132 Å². The summed E-state index contributed by atoms with van der Waals surface area (Å²) in [5.41, 5.74) is 1.34. The van der Waals surface area contributed by atoms with Crippen molar-refractivity contribution < 1.29 is 28.7 Å². The zero-order valence-corrected chi connectivity index (χ0v) is 18.3. The molecule has 0 saturated heterocycles. The van der Waals surface area contributed by atoms with Crippen molar-refractivity contribution in [3.05, 3.63) is 75.8 Å². The summed E-state index contributed by atoms with van der Waals surface area (Å²) >= 11 is 1.05. The van der Waals surface area contributed by atoms with Crippen LogP contribution in [0.15, 0.2) is 47.8 Å². The number of carbonyl (C=O) groups excluding carboxylic acids is 5. The SMILES string of the molecule is CC(=O)Nc1nc(C(=O)OC(C)C(=O)Nc2ccc3c(c2)C(=O)c2ccccc2C3=O)cs1. The van der Waals surface area contributed by atoms with Crippen molar-refractivity contribution in [3.8, 4) is 0 Å². The Kier molecular flexibility index (Phi) is 5.84. The second-order valence-electron chi connectivity index (χ2n) is 7.22. The highest BCUT2D eigenvalue weighted by atomic mass is 32.1. The van der Waals surface area contributed by atoms with Gasteiger partial charge in [0, 0.05) is 40.2 Å². The van der Waals surface area contributed by atoms with Gasteiger partial charge in [0.2, 0.25) is 5.91 Å². The van der Waals surface area contributed by atoms with Crippen molar-refractivity contribution in [2.45, 2.75) is 20.0 Å². The molecule has 166 valence electrons. The standard InChI is InChI=1S/C23H17N3O6S/c1-11(32-22(31)18-10-33-23(26-18)24-12(2)27)21(30)25-13-7-8-16-17(9-13)20(29)15-6-4-3-5-14(15)19(16)28/h3-11H,1-2H3,(H,25,30)(H,24,26,27). The van der Waals surface area contributed by atoms with Crippen LogP contribution in [0.3, 0.4) is 0 Å². The number of esters is 1. The maximum Gasteiger partial charge on any atom is 0.358 e. The molecule has 1 aliphatic carbocycles. The predicted octanol–water partition coefficient (Wildman–Crippen LogP) is 3.06. The summed E-state index contributed by atoms with van der Waals surface area (Å²) in [5.74, 6) is -2.36. The lowest BCUT2D eigenvalue weighted by Crippen LogP contribution is -2.30. The van der Waals surface area contributed by atoms with Crippen LogP contribution in [0.2, 0.25) is 0 Å². The van der Waals surface area contributed by atoms with E-state index < -0.39 is 18.0 Å². The molecular formula is C23H17N3O6S. The molecule has 2 N–H and O–H groups in total. The third-order valence-electron chi connectivity index (χ3n) is 4.84. The fourth-order valence-electron chi connectivity index (χ4n) is 3.27. The van der Waals surface area contributed by atoms with Gasteiger partial charge in [0.1, 0.15) is 0 Å². The first kappa shape index (κ1) is 22.0. The number of nitrogens with one attached hydrogen (secondary N) is 2. The number of nitrogens with zero attached hydrogens (tertiary/aromatic N) is 1. The van der Waals surface area contributed by atoms with Crippen LogP contribution in [0.1, 0.15) is 56.2 Å². The van der Waals surface area contributed by atoms with Gasteiger partial charge in [-0.15, -0.1) is 11.3 Å². The van der Waals surface area contributed by atoms with E-state index in [-0.39, 0.29) is 45.1 Å². The van der Waals surface area contributed by atoms with Crippen LogP contribution in [0.25, 0.3) is 0 Å². The lowest BCUT2D eigenvalue weighted by atomic mass is 9.84. The molecule has 0 saturated carbocycles. The summed E-state index contributed by atoms with van der Waals surface area (Å²) in [6.07, 6.45) is -1.17. The van der Waals surface area contributed by atoms with Gasteiger partial charge < -0.3 is 15.4 Å². The third kappa shape index (κ3) is 4.41. The van der Waals surface area contributed by atoms with Crippen molar-refractivity contribution in [3.63, 3.8) is 0 Å². The number of amides is 2. The molecule has 9 nitrogen and oxygen atoms in total. The van der Waals surface area contributed by atoms with Gasteiger partial charge in [-0.2, -0.15) is 0 Å². The molecule has 0 aliphatic heterocycles. The number of carbonyl (C=O) groups is 5. The highest BCUT2D eigenvalue weighted by molar-refractivity contribution is 7.14. The molecule has 1 atom stereocenters. The number of anilines is 2. The van der Waals surface area contributed by atoms with Gasteiger partial charge >= 0.3 is 5.97 Å². The Labute approximate surface area is 191 Å². The minimum atomic E-state index is -1.17. The van der Waals surface area contributed by atoms with Crippen molar-refractivity contribution in [1.82, 2.24) is 4.98 Å². The van der Waals surface area contributed by atoms with Gasteiger partial charge in [-0.05, 0) is 25.1 Å². The molecule has 1 unspecified atom stereocenters. The molecule has 2 aromatic carbocycles. The second kappa shape index (κ2) is 8.75. The van der Waals surface area contributed by atoms with Crippen LogP contribution in [0, 0.1) is 0 Å². The first-order chi connectivity index (χ1) is 15.7. The molecule has 2 amide bonds. The zero-order valence-electron chi connectivity index (χ0n) is 17.5. The van der Waals surface area contributed by atoms with E-state index in [0.29, 0.717) is 11.1 Å². The molecule has 0 bridgehead atoms. The van der Waals surface area contributed by atoms with Crippen molar-refractivity contribution >= 4 is 51.5 Å². The molecule has 3 aromatic rings. The Bertz CT molecular complexity index is 1330. The van der Waals surface area contributed by atoms with E-state index in [1.807, 2.05) is 0 Å².